The molecule has 100 valence electrons. The molecule has 0 aromatic rings. The van der Waals surface area contributed by atoms with E-state index >= 15 is 0 Å². The fourth-order valence-corrected chi connectivity index (χ4v) is 2.18. The van der Waals surface area contributed by atoms with E-state index in [-0.39, 0.29) is 17.5 Å². The summed E-state index contributed by atoms with van der Waals surface area (Å²) in [5, 5.41) is 6.44. The lowest BCUT2D eigenvalue weighted by Gasteiger charge is -2.30. The first kappa shape index (κ1) is 14.5. The molecule has 0 radical (unpaired) electrons. The first-order chi connectivity index (χ1) is 7.83. The van der Waals surface area contributed by atoms with Crippen molar-refractivity contribution < 1.29 is 4.79 Å². The van der Waals surface area contributed by atoms with Crippen LogP contribution in [-0.4, -0.2) is 24.0 Å². The highest BCUT2D eigenvalue weighted by Gasteiger charge is 2.38. The molecule has 0 bridgehead atoms. The second-order valence-corrected chi connectivity index (χ2v) is 6.34. The Kier molecular flexibility index (Phi) is 4.99. The van der Waals surface area contributed by atoms with Crippen molar-refractivity contribution in [2.45, 2.75) is 65.5 Å². The molecule has 3 nitrogen and oxygen atoms in total. The first-order valence-corrected chi connectivity index (χ1v) is 6.88. The van der Waals surface area contributed by atoms with Crippen molar-refractivity contribution in [1.82, 2.24) is 10.6 Å². The van der Waals surface area contributed by atoms with Crippen LogP contribution in [0, 0.1) is 11.8 Å². The molecule has 17 heavy (non-hydrogen) atoms. The zero-order valence-corrected chi connectivity index (χ0v) is 12.0. The van der Waals surface area contributed by atoms with Gasteiger partial charge in [0.2, 0.25) is 5.91 Å². The number of nitrogens with one attached hydrogen (secondary N) is 2. The maximum absolute atomic E-state index is 11.9. The predicted molar refractivity (Wildman–Crippen MR) is 71.9 cm³/mol. The number of carbonyl (C=O) groups excluding carboxylic acids is 1. The van der Waals surface area contributed by atoms with Crippen molar-refractivity contribution in [3.05, 3.63) is 0 Å². The molecular weight excluding hydrogens is 212 g/mol. The maximum atomic E-state index is 11.9. The topological polar surface area (TPSA) is 41.1 Å². The van der Waals surface area contributed by atoms with E-state index in [1.807, 2.05) is 6.92 Å². The molecule has 1 aliphatic rings. The van der Waals surface area contributed by atoms with Crippen molar-refractivity contribution in [3.8, 4) is 0 Å². The Balaban J connectivity index is 2.26. The molecule has 1 atom stereocenters. The minimum Gasteiger partial charge on any atom is -0.355 e. The Bertz CT molecular complexity index is 257. The van der Waals surface area contributed by atoms with Gasteiger partial charge < -0.3 is 10.6 Å². The number of hydrogen-bond acceptors (Lipinski definition) is 2. The van der Waals surface area contributed by atoms with E-state index in [0.717, 1.165) is 18.9 Å². The molecule has 0 aromatic carbocycles. The van der Waals surface area contributed by atoms with E-state index in [1.165, 1.54) is 12.8 Å². The van der Waals surface area contributed by atoms with Crippen LogP contribution in [-0.2, 0) is 4.79 Å². The van der Waals surface area contributed by atoms with Gasteiger partial charge in [-0.15, -0.1) is 0 Å². The molecule has 0 heterocycles. The Hall–Kier alpha value is -0.570. The Morgan fingerprint density at radius 3 is 2.35 bits per heavy atom. The monoisotopic (exact) mass is 240 g/mol. The maximum Gasteiger partial charge on any atom is 0.236 e. The number of rotatable bonds is 7. The molecule has 0 spiro atoms. The van der Waals surface area contributed by atoms with Gasteiger partial charge >= 0.3 is 0 Å². The fraction of sp³-hybridized carbons (Fsp3) is 0.929. The highest BCUT2D eigenvalue weighted by Crippen LogP contribution is 2.39. The second-order valence-electron chi connectivity index (χ2n) is 6.34. The first-order valence-electron chi connectivity index (χ1n) is 6.88. The third-order valence-electron chi connectivity index (χ3n) is 3.60. The smallest absolute Gasteiger partial charge is 0.236 e. The van der Waals surface area contributed by atoms with Crippen LogP contribution in [0.15, 0.2) is 0 Å². The average molecular weight is 240 g/mol. The lowest BCUT2D eigenvalue weighted by molar-refractivity contribution is -0.123. The normalized spacial score (nSPS) is 18.2. The van der Waals surface area contributed by atoms with Gasteiger partial charge in [0.25, 0.3) is 0 Å². The average Bonchev–Trinajstić information content (AvgIpc) is 2.99. The van der Waals surface area contributed by atoms with Crippen molar-refractivity contribution >= 4 is 5.91 Å². The molecule has 1 aliphatic carbocycles. The van der Waals surface area contributed by atoms with Gasteiger partial charge in [0.1, 0.15) is 0 Å². The summed E-state index contributed by atoms with van der Waals surface area (Å²) in [6, 6.07) is -0.0993. The standard InChI is InChI=1S/C14H28N2O/c1-10(2)8-9-15-13(17)11(3)16-14(4,5)12-6-7-12/h10-12,16H,6-9H2,1-5H3,(H,15,17). The summed E-state index contributed by atoms with van der Waals surface area (Å²) in [6.07, 6.45) is 3.63. The summed E-state index contributed by atoms with van der Waals surface area (Å²) in [6.45, 7) is 11.5. The Morgan fingerprint density at radius 1 is 1.29 bits per heavy atom. The van der Waals surface area contributed by atoms with Gasteiger partial charge in [-0.05, 0) is 51.9 Å². The molecule has 1 rings (SSSR count). The molecule has 3 heteroatoms. The van der Waals surface area contributed by atoms with Gasteiger partial charge in [-0.25, -0.2) is 0 Å². The van der Waals surface area contributed by atoms with Crippen LogP contribution >= 0.6 is 0 Å². The van der Waals surface area contributed by atoms with E-state index < -0.39 is 0 Å². The lowest BCUT2D eigenvalue weighted by atomic mass is 9.97. The second kappa shape index (κ2) is 5.85. The van der Waals surface area contributed by atoms with Crippen LogP contribution in [0.2, 0.25) is 0 Å². The SMILES string of the molecule is CC(C)CCNC(=O)C(C)NC(C)(C)C1CC1. The van der Waals surface area contributed by atoms with E-state index in [4.69, 9.17) is 0 Å². The third kappa shape index (κ3) is 5.07. The molecule has 1 unspecified atom stereocenters. The van der Waals surface area contributed by atoms with E-state index in [2.05, 4.69) is 38.3 Å². The summed E-state index contributed by atoms with van der Waals surface area (Å²) in [4.78, 5) is 11.9. The zero-order chi connectivity index (χ0) is 13.1. The van der Waals surface area contributed by atoms with Crippen molar-refractivity contribution in [1.29, 1.82) is 0 Å². The minimum atomic E-state index is -0.0993. The van der Waals surface area contributed by atoms with Crippen LogP contribution in [0.5, 0.6) is 0 Å². The highest BCUT2D eigenvalue weighted by atomic mass is 16.2. The zero-order valence-electron chi connectivity index (χ0n) is 12.0. The van der Waals surface area contributed by atoms with E-state index in [1.54, 1.807) is 0 Å². The van der Waals surface area contributed by atoms with Crippen LogP contribution in [0.3, 0.4) is 0 Å². The van der Waals surface area contributed by atoms with Gasteiger partial charge in [0, 0.05) is 12.1 Å². The summed E-state index contributed by atoms with van der Waals surface area (Å²) < 4.78 is 0. The van der Waals surface area contributed by atoms with Gasteiger partial charge in [-0.3, -0.25) is 4.79 Å². The molecular formula is C14H28N2O. The highest BCUT2D eigenvalue weighted by molar-refractivity contribution is 5.81. The van der Waals surface area contributed by atoms with Gasteiger partial charge in [-0.1, -0.05) is 13.8 Å². The van der Waals surface area contributed by atoms with Crippen molar-refractivity contribution in [2.75, 3.05) is 6.54 Å². The van der Waals surface area contributed by atoms with Gasteiger partial charge in [-0.2, -0.15) is 0 Å². The molecule has 0 saturated heterocycles. The largest absolute Gasteiger partial charge is 0.355 e. The van der Waals surface area contributed by atoms with Crippen LogP contribution in [0.4, 0.5) is 0 Å². The summed E-state index contributed by atoms with van der Waals surface area (Å²) in [7, 11) is 0. The molecule has 1 saturated carbocycles. The number of carbonyl (C=O) groups is 1. The van der Waals surface area contributed by atoms with Crippen LogP contribution in [0.25, 0.3) is 0 Å². The summed E-state index contributed by atoms with van der Waals surface area (Å²) in [5.41, 5.74) is 0.0921. The predicted octanol–water partition coefficient (Wildman–Crippen LogP) is 2.32. The molecule has 1 fully saturated rings. The number of hydrogen-bond donors (Lipinski definition) is 2. The quantitative estimate of drug-likeness (QED) is 0.717. The van der Waals surface area contributed by atoms with Crippen LogP contribution < -0.4 is 10.6 Å². The third-order valence-corrected chi connectivity index (χ3v) is 3.60. The fourth-order valence-electron chi connectivity index (χ4n) is 2.18. The summed E-state index contributed by atoms with van der Waals surface area (Å²) in [5.74, 6) is 1.51. The van der Waals surface area contributed by atoms with E-state index in [0.29, 0.717) is 5.92 Å². The molecule has 2 N–H and O–H groups in total. The van der Waals surface area contributed by atoms with Gasteiger partial charge in [0.15, 0.2) is 0 Å². The number of amides is 1. The lowest BCUT2D eigenvalue weighted by Crippen LogP contribution is -2.52. The van der Waals surface area contributed by atoms with E-state index in [9.17, 15) is 4.79 Å². The molecule has 0 aromatic heterocycles. The molecule has 1 amide bonds. The molecule has 0 aliphatic heterocycles. The van der Waals surface area contributed by atoms with Gasteiger partial charge in [0.05, 0.1) is 6.04 Å². The Labute approximate surface area is 106 Å². The Morgan fingerprint density at radius 2 is 1.88 bits per heavy atom. The summed E-state index contributed by atoms with van der Waals surface area (Å²) >= 11 is 0. The van der Waals surface area contributed by atoms with Crippen molar-refractivity contribution in [2.24, 2.45) is 11.8 Å². The van der Waals surface area contributed by atoms with Crippen molar-refractivity contribution in [3.63, 3.8) is 0 Å². The van der Waals surface area contributed by atoms with Crippen LogP contribution in [0.1, 0.15) is 53.9 Å². The minimum absolute atomic E-state index is 0.0921.